The van der Waals surface area contributed by atoms with Crippen LogP contribution >= 0.6 is 11.6 Å². The number of amides is 2. The molecule has 0 aromatic heterocycles. The number of alkyl halides is 1. The van der Waals surface area contributed by atoms with Crippen LogP contribution in [0.15, 0.2) is 11.8 Å². The molecule has 1 fully saturated rings. The van der Waals surface area contributed by atoms with Crippen LogP contribution < -0.4 is 10.6 Å². The van der Waals surface area contributed by atoms with Crippen LogP contribution in [0.1, 0.15) is 26.2 Å². The summed E-state index contributed by atoms with van der Waals surface area (Å²) in [6, 6.07) is -0.143. The lowest BCUT2D eigenvalue weighted by molar-refractivity contribution is 0.244. The van der Waals surface area contributed by atoms with E-state index in [0.717, 1.165) is 6.42 Å². The van der Waals surface area contributed by atoms with Gasteiger partial charge in [0, 0.05) is 18.6 Å². The predicted molar refractivity (Wildman–Crippen MR) is 58.4 cm³/mol. The second kappa shape index (κ2) is 5.91. The first-order valence-corrected chi connectivity index (χ1v) is 5.54. The zero-order chi connectivity index (χ0) is 10.4. The Bertz CT molecular complexity index is 224. The Morgan fingerprint density at radius 3 is 2.86 bits per heavy atom. The van der Waals surface area contributed by atoms with Crippen LogP contribution in [0.3, 0.4) is 0 Å². The van der Waals surface area contributed by atoms with E-state index in [9.17, 15) is 4.79 Å². The van der Waals surface area contributed by atoms with E-state index in [1.807, 2.05) is 0 Å². The number of allylic oxidation sites excluding steroid dienone is 1. The lowest BCUT2D eigenvalue weighted by atomic mass is 10.2. The van der Waals surface area contributed by atoms with E-state index in [-0.39, 0.29) is 6.03 Å². The van der Waals surface area contributed by atoms with Gasteiger partial charge in [0.15, 0.2) is 0 Å². The molecule has 1 rings (SSSR count). The molecule has 0 atom stereocenters. The van der Waals surface area contributed by atoms with Crippen molar-refractivity contribution in [1.82, 2.24) is 10.6 Å². The van der Waals surface area contributed by atoms with Crippen LogP contribution in [0.2, 0.25) is 0 Å². The summed E-state index contributed by atoms with van der Waals surface area (Å²) in [7, 11) is 0. The summed E-state index contributed by atoms with van der Waals surface area (Å²) >= 11 is 5.48. The Labute approximate surface area is 89.9 Å². The molecule has 0 heterocycles. The molecule has 0 aromatic rings. The highest BCUT2D eigenvalue weighted by molar-refractivity contribution is 6.17. The van der Waals surface area contributed by atoms with E-state index in [0.29, 0.717) is 18.3 Å². The van der Waals surface area contributed by atoms with Gasteiger partial charge in [0.1, 0.15) is 0 Å². The second-order valence-electron chi connectivity index (χ2n) is 3.61. The zero-order valence-electron chi connectivity index (χ0n) is 8.48. The SMILES string of the molecule is C/C(=C\NC(=O)NCCCCl)C1CC1. The first-order valence-electron chi connectivity index (χ1n) is 5.01. The molecule has 0 saturated heterocycles. The maximum absolute atomic E-state index is 11.2. The number of rotatable bonds is 5. The molecule has 4 heteroatoms. The largest absolute Gasteiger partial charge is 0.338 e. The quantitative estimate of drug-likeness (QED) is 0.537. The molecule has 2 amide bonds. The summed E-state index contributed by atoms with van der Waals surface area (Å²) in [5.41, 5.74) is 1.26. The molecule has 1 aliphatic rings. The number of hydrogen-bond donors (Lipinski definition) is 2. The van der Waals surface area contributed by atoms with Gasteiger partial charge in [-0.25, -0.2) is 4.79 Å². The van der Waals surface area contributed by atoms with Gasteiger partial charge < -0.3 is 10.6 Å². The van der Waals surface area contributed by atoms with Crippen molar-refractivity contribution in [3.63, 3.8) is 0 Å². The fraction of sp³-hybridized carbons (Fsp3) is 0.700. The fourth-order valence-corrected chi connectivity index (χ4v) is 1.29. The molecule has 2 N–H and O–H groups in total. The van der Waals surface area contributed by atoms with Crippen molar-refractivity contribution in [2.75, 3.05) is 12.4 Å². The number of halogens is 1. The highest BCUT2D eigenvalue weighted by atomic mass is 35.5. The lowest BCUT2D eigenvalue weighted by Gasteiger charge is -2.03. The third kappa shape index (κ3) is 4.51. The molecule has 0 spiro atoms. The van der Waals surface area contributed by atoms with Crippen LogP contribution in [-0.4, -0.2) is 18.5 Å². The average molecular weight is 217 g/mol. The first-order chi connectivity index (χ1) is 6.74. The Balaban J connectivity index is 2.10. The first kappa shape index (κ1) is 11.4. The van der Waals surface area contributed by atoms with Gasteiger partial charge in [-0.3, -0.25) is 0 Å². The summed E-state index contributed by atoms with van der Waals surface area (Å²) in [6.07, 6.45) is 5.13. The maximum atomic E-state index is 11.2. The van der Waals surface area contributed by atoms with E-state index >= 15 is 0 Å². The number of carbonyl (C=O) groups is 1. The van der Waals surface area contributed by atoms with Gasteiger partial charge in [-0.15, -0.1) is 11.6 Å². The minimum Gasteiger partial charge on any atom is -0.338 e. The molecule has 3 nitrogen and oxygen atoms in total. The van der Waals surface area contributed by atoms with Crippen LogP contribution in [-0.2, 0) is 0 Å². The molecule has 0 radical (unpaired) electrons. The third-order valence-electron chi connectivity index (χ3n) is 2.25. The molecule has 80 valence electrons. The molecule has 0 unspecified atom stereocenters. The van der Waals surface area contributed by atoms with Crippen LogP contribution in [0.4, 0.5) is 4.79 Å². The van der Waals surface area contributed by atoms with E-state index in [2.05, 4.69) is 17.6 Å². The molecular weight excluding hydrogens is 200 g/mol. The van der Waals surface area contributed by atoms with Gasteiger partial charge >= 0.3 is 6.03 Å². The lowest BCUT2D eigenvalue weighted by Crippen LogP contribution is -2.33. The van der Waals surface area contributed by atoms with Gasteiger partial charge in [-0.2, -0.15) is 0 Å². The topological polar surface area (TPSA) is 41.1 Å². The molecular formula is C10H17ClN2O. The minimum atomic E-state index is -0.143. The van der Waals surface area contributed by atoms with Crippen LogP contribution in [0.5, 0.6) is 0 Å². The van der Waals surface area contributed by atoms with E-state index in [1.165, 1.54) is 18.4 Å². The van der Waals surface area contributed by atoms with Crippen LogP contribution in [0, 0.1) is 5.92 Å². The van der Waals surface area contributed by atoms with E-state index < -0.39 is 0 Å². The molecule has 14 heavy (non-hydrogen) atoms. The second-order valence-corrected chi connectivity index (χ2v) is 3.98. The van der Waals surface area contributed by atoms with Crippen LogP contribution in [0.25, 0.3) is 0 Å². The highest BCUT2D eigenvalue weighted by Crippen LogP contribution is 2.35. The maximum Gasteiger partial charge on any atom is 0.318 e. The monoisotopic (exact) mass is 216 g/mol. The average Bonchev–Trinajstić information content (AvgIpc) is 2.98. The summed E-state index contributed by atoms with van der Waals surface area (Å²) in [6.45, 7) is 2.68. The normalized spacial score (nSPS) is 16.6. The Morgan fingerprint density at radius 2 is 2.29 bits per heavy atom. The Morgan fingerprint density at radius 1 is 1.57 bits per heavy atom. The highest BCUT2D eigenvalue weighted by Gasteiger charge is 2.22. The third-order valence-corrected chi connectivity index (χ3v) is 2.52. The number of nitrogens with one attached hydrogen (secondary N) is 2. The smallest absolute Gasteiger partial charge is 0.318 e. The molecule has 1 saturated carbocycles. The van der Waals surface area contributed by atoms with Crippen molar-refractivity contribution in [3.8, 4) is 0 Å². The molecule has 0 aromatic carbocycles. The summed E-state index contributed by atoms with van der Waals surface area (Å²) in [5, 5.41) is 5.43. The standard InChI is InChI=1S/C10H17ClN2O/c1-8(9-3-4-9)7-13-10(14)12-6-2-5-11/h7,9H,2-6H2,1H3,(H2,12,13,14)/b8-7+. The zero-order valence-corrected chi connectivity index (χ0v) is 9.23. The summed E-state index contributed by atoms with van der Waals surface area (Å²) in [4.78, 5) is 11.2. The van der Waals surface area contributed by atoms with Gasteiger partial charge in [-0.1, -0.05) is 5.57 Å². The van der Waals surface area contributed by atoms with Crippen molar-refractivity contribution in [2.24, 2.45) is 5.92 Å². The van der Waals surface area contributed by atoms with Gasteiger partial charge in [-0.05, 0) is 32.1 Å². The van der Waals surface area contributed by atoms with Crippen molar-refractivity contribution in [3.05, 3.63) is 11.8 Å². The predicted octanol–water partition coefficient (Wildman–Crippen LogP) is 2.23. The summed E-state index contributed by atoms with van der Waals surface area (Å²) < 4.78 is 0. The summed E-state index contributed by atoms with van der Waals surface area (Å²) in [5.74, 6) is 1.29. The molecule has 1 aliphatic carbocycles. The molecule has 0 aliphatic heterocycles. The number of carbonyl (C=O) groups excluding carboxylic acids is 1. The number of hydrogen-bond acceptors (Lipinski definition) is 1. The Hall–Kier alpha value is -0.700. The molecule has 0 bridgehead atoms. The minimum absolute atomic E-state index is 0.143. The van der Waals surface area contributed by atoms with Gasteiger partial charge in [0.05, 0.1) is 0 Å². The van der Waals surface area contributed by atoms with Gasteiger partial charge in [0.25, 0.3) is 0 Å². The van der Waals surface area contributed by atoms with Gasteiger partial charge in [0.2, 0.25) is 0 Å². The van der Waals surface area contributed by atoms with Crippen molar-refractivity contribution in [1.29, 1.82) is 0 Å². The number of urea groups is 1. The van der Waals surface area contributed by atoms with E-state index in [4.69, 9.17) is 11.6 Å². The van der Waals surface area contributed by atoms with Crippen molar-refractivity contribution < 1.29 is 4.79 Å². The van der Waals surface area contributed by atoms with Crippen molar-refractivity contribution in [2.45, 2.75) is 26.2 Å². The van der Waals surface area contributed by atoms with E-state index in [1.54, 1.807) is 6.20 Å². The fourth-order valence-electron chi connectivity index (χ4n) is 1.16. The Kier molecular flexibility index (Phi) is 4.80. The van der Waals surface area contributed by atoms with Crippen molar-refractivity contribution >= 4 is 17.6 Å².